The third-order valence-corrected chi connectivity index (χ3v) is 4.30. The molecule has 112 valence electrons. The van der Waals surface area contributed by atoms with Crippen molar-refractivity contribution in [2.75, 3.05) is 0 Å². The second-order valence-corrected chi connectivity index (χ2v) is 7.30. The number of hydrogen-bond acceptors (Lipinski definition) is 2. The first-order chi connectivity index (χ1) is 9.70. The van der Waals surface area contributed by atoms with Crippen molar-refractivity contribution in [2.45, 2.75) is 32.6 Å². The van der Waals surface area contributed by atoms with E-state index in [1.165, 1.54) is 6.07 Å². The van der Waals surface area contributed by atoms with Crippen LogP contribution in [0.4, 0.5) is 4.39 Å². The molecule has 0 aliphatic heterocycles. The summed E-state index contributed by atoms with van der Waals surface area (Å²) < 4.78 is 14.5. The van der Waals surface area contributed by atoms with E-state index in [2.05, 4.69) is 9.97 Å². The van der Waals surface area contributed by atoms with Gasteiger partial charge in [0.25, 0.3) is 5.56 Å². The highest BCUT2D eigenvalue weighted by molar-refractivity contribution is 14.1. The zero-order valence-electron chi connectivity index (χ0n) is 11.9. The van der Waals surface area contributed by atoms with Gasteiger partial charge in [-0.1, -0.05) is 44.5 Å². The van der Waals surface area contributed by atoms with Gasteiger partial charge in [-0.3, -0.25) is 4.79 Å². The van der Waals surface area contributed by atoms with Gasteiger partial charge in [-0.05, 0) is 34.2 Å². The molecule has 2 rings (SSSR count). The summed E-state index contributed by atoms with van der Waals surface area (Å²) in [5.74, 6) is -0.0378. The molecule has 2 aromatic rings. The van der Waals surface area contributed by atoms with Crippen LogP contribution < -0.4 is 5.56 Å². The van der Waals surface area contributed by atoms with E-state index in [1.54, 1.807) is 12.1 Å². The number of halogens is 3. The maximum atomic E-state index is 13.9. The van der Waals surface area contributed by atoms with Crippen molar-refractivity contribution >= 4 is 34.2 Å². The van der Waals surface area contributed by atoms with Gasteiger partial charge < -0.3 is 4.98 Å². The quantitative estimate of drug-likeness (QED) is 0.745. The van der Waals surface area contributed by atoms with Crippen LogP contribution in [0.5, 0.6) is 0 Å². The van der Waals surface area contributed by atoms with Crippen LogP contribution in [-0.4, -0.2) is 9.97 Å². The topological polar surface area (TPSA) is 45.8 Å². The second kappa shape index (κ2) is 6.04. The second-order valence-electron chi connectivity index (χ2n) is 5.81. The van der Waals surface area contributed by atoms with Gasteiger partial charge in [-0.2, -0.15) is 0 Å². The molecule has 1 aromatic heterocycles. The van der Waals surface area contributed by atoms with Gasteiger partial charge in [-0.15, -0.1) is 0 Å². The standard InChI is InChI=1S/C15H15ClFIN2O/c1-15(2,3)13-12(18)14(21)20-10(19-13)7-8-5-4-6-9(16)11(8)17/h4-6H,7H2,1-3H3,(H,19,20,21). The van der Waals surface area contributed by atoms with Crippen LogP contribution >= 0.6 is 34.2 Å². The van der Waals surface area contributed by atoms with Gasteiger partial charge in [0.05, 0.1) is 10.7 Å². The van der Waals surface area contributed by atoms with E-state index in [9.17, 15) is 9.18 Å². The van der Waals surface area contributed by atoms with Gasteiger partial charge in [-0.25, -0.2) is 9.37 Å². The minimum Gasteiger partial charge on any atom is -0.309 e. The Morgan fingerprint density at radius 1 is 1.38 bits per heavy atom. The Hall–Kier alpha value is -0.950. The van der Waals surface area contributed by atoms with Crippen LogP contribution in [-0.2, 0) is 11.8 Å². The van der Waals surface area contributed by atoms with Crippen LogP contribution in [0.3, 0.4) is 0 Å². The third-order valence-electron chi connectivity index (χ3n) is 3.01. The number of nitrogens with zero attached hydrogens (tertiary/aromatic N) is 1. The average molecular weight is 421 g/mol. The predicted octanol–water partition coefficient (Wildman–Crippen LogP) is 4.06. The first-order valence-corrected chi connectivity index (χ1v) is 7.88. The molecule has 0 aliphatic rings. The molecule has 0 saturated heterocycles. The zero-order chi connectivity index (χ0) is 15.8. The molecule has 0 atom stereocenters. The van der Waals surface area contributed by atoms with E-state index in [-0.39, 0.29) is 22.4 Å². The molecule has 0 aliphatic carbocycles. The molecule has 1 aromatic carbocycles. The van der Waals surface area contributed by atoms with Crippen LogP contribution in [0.15, 0.2) is 23.0 Å². The lowest BCUT2D eigenvalue weighted by molar-refractivity contribution is 0.555. The summed E-state index contributed by atoms with van der Waals surface area (Å²) in [6.07, 6.45) is 0.196. The molecule has 0 radical (unpaired) electrons. The summed E-state index contributed by atoms with van der Waals surface area (Å²) >= 11 is 7.76. The van der Waals surface area contributed by atoms with Crippen molar-refractivity contribution in [3.8, 4) is 0 Å². The van der Waals surface area contributed by atoms with Crippen molar-refractivity contribution < 1.29 is 4.39 Å². The SMILES string of the molecule is CC(C)(C)c1nc(Cc2cccc(Cl)c2F)[nH]c(=O)c1I. The summed E-state index contributed by atoms with van der Waals surface area (Å²) in [4.78, 5) is 19.2. The lowest BCUT2D eigenvalue weighted by Crippen LogP contribution is -2.25. The Morgan fingerprint density at radius 2 is 2.05 bits per heavy atom. The molecule has 3 nitrogen and oxygen atoms in total. The summed E-state index contributed by atoms with van der Waals surface area (Å²) in [5, 5.41) is 0.0661. The lowest BCUT2D eigenvalue weighted by Gasteiger charge is -2.19. The highest BCUT2D eigenvalue weighted by Gasteiger charge is 2.22. The van der Waals surface area contributed by atoms with Crippen LogP contribution in [0.1, 0.15) is 37.9 Å². The van der Waals surface area contributed by atoms with Gasteiger partial charge in [0, 0.05) is 11.8 Å². The highest BCUT2D eigenvalue weighted by atomic mass is 127. The van der Waals surface area contributed by atoms with Crippen molar-refractivity contribution in [1.29, 1.82) is 0 Å². The van der Waals surface area contributed by atoms with E-state index in [4.69, 9.17) is 11.6 Å². The van der Waals surface area contributed by atoms with E-state index >= 15 is 0 Å². The number of nitrogens with one attached hydrogen (secondary N) is 1. The number of aromatic nitrogens is 2. The van der Waals surface area contributed by atoms with Crippen LogP contribution in [0.25, 0.3) is 0 Å². The normalized spacial score (nSPS) is 11.7. The molecule has 0 bridgehead atoms. The van der Waals surface area contributed by atoms with Crippen molar-refractivity contribution in [3.05, 3.63) is 60.0 Å². The fraction of sp³-hybridized carbons (Fsp3) is 0.333. The smallest absolute Gasteiger partial charge is 0.264 e. The first-order valence-electron chi connectivity index (χ1n) is 6.42. The minimum atomic E-state index is -0.474. The molecule has 0 fully saturated rings. The maximum absolute atomic E-state index is 13.9. The summed E-state index contributed by atoms with van der Waals surface area (Å²) in [6, 6.07) is 4.80. The largest absolute Gasteiger partial charge is 0.309 e. The molecule has 0 spiro atoms. The minimum absolute atomic E-state index is 0.0661. The summed E-state index contributed by atoms with van der Waals surface area (Å²) in [5.41, 5.74) is 0.663. The molecule has 6 heteroatoms. The molecule has 1 N–H and O–H groups in total. The molecule has 0 saturated carbocycles. The Balaban J connectivity index is 2.49. The van der Waals surface area contributed by atoms with Gasteiger partial charge in [0.15, 0.2) is 0 Å². The third kappa shape index (κ3) is 3.63. The maximum Gasteiger partial charge on any atom is 0.264 e. The Bertz CT molecular complexity index is 737. The number of aromatic amines is 1. The number of rotatable bonds is 2. The Morgan fingerprint density at radius 3 is 2.67 bits per heavy atom. The van der Waals surface area contributed by atoms with Crippen LogP contribution in [0.2, 0.25) is 5.02 Å². The Labute approximate surface area is 141 Å². The van der Waals surface area contributed by atoms with E-state index in [1.807, 2.05) is 43.4 Å². The molecule has 0 amide bonds. The van der Waals surface area contributed by atoms with Crippen LogP contribution in [0, 0.1) is 9.39 Å². The average Bonchev–Trinajstić information content (AvgIpc) is 2.37. The number of H-pyrrole nitrogens is 1. The first kappa shape index (κ1) is 16.4. The molecule has 21 heavy (non-hydrogen) atoms. The predicted molar refractivity (Wildman–Crippen MR) is 90.5 cm³/mol. The summed E-state index contributed by atoms with van der Waals surface area (Å²) in [6.45, 7) is 5.96. The van der Waals surface area contributed by atoms with Crippen molar-refractivity contribution in [3.63, 3.8) is 0 Å². The van der Waals surface area contributed by atoms with E-state index in [0.717, 1.165) is 0 Å². The molecule has 1 heterocycles. The van der Waals surface area contributed by atoms with E-state index in [0.29, 0.717) is 20.7 Å². The number of benzene rings is 1. The highest BCUT2D eigenvalue weighted by Crippen LogP contribution is 2.24. The molecule has 0 unspecified atom stereocenters. The monoisotopic (exact) mass is 420 g/mol. The molecular weight excluding hydrogens is 406 g/mol. The Kier molecular flexibility index (Phi) is 4.72. The van der Waals surface area contributed by atoms with Crippen molar-refractivity contribution in [1.82, 2.24) is 9.97 Å². The van der Waals surface area contributed by atoms with Gasteiger partial charge in [0.1, 0.15) is 15.2 Å². The molecular formula is C15H15ClFIN2O. The lowest BCUT2D eigenvalue weighted by atomic mass is 9.92. The summed E-state index contributed by atoms with van der Waals surface area (Å²) in [7, 11) is 0. The van der Waals surface area contributed by atoms with Gasteiger partial charge in [0.2, 0.25) is 0 Å². The zero-order valence-corrected chi connectivity index (χ0v) is 14.8. The fourth-order valence-corrected chi connectivity index (χ4v) is 3.21. The van der Waals surface area contributed by atoms with Gasteiger partial charge >= 0.3 is 0 Å². The fourth-order valence-electron chi connectivity index (χ4n) is 1.95. The van der Waals surface area contributed by atoms with Crippen molar-refractivity contribution in [2.24, 2.45) is 0 Å². The number of hydrogen-bond donors (Lipinski definition) is 1. The van der Waals surface area contributed by atoms with E-state index < -0.39 is 5.82 Å².